The molecule has 41 heavy (non-hydrogen) atoms. The number of carbonyl (C=O) groups excluding carboxylic acids is 1. The normalized spacial score (nSPS) is 18.1. The number of hydrogen-bond donors (Lipinski definition) is 3. The Bertz CT molecular complexity index is 1480. The lowest BCUT2D eigenvalue weighted by Gasteiger charge is -2.28. The highest BCUT2D eigenvalue weighted by Crippen LogP contribution is 2.45. The number of amides is 1. The molecule has 3 aromatic rings. The molecule has 0 spiro atoms. The number of aromatic nitrogens is 2. The van der Waals surface area contributed by atoms with Gasteiger partial charge < -0.3 is 30.1 Å². The second-order valence-corrected chi connectivity index (χ2v) is 10.9. The first-order valence-corrected chi connectivity index (χ1v) is 14.0. The zero-order valence-electron chi connectivity index (χ0n) is 23.8. The Morgan fingerprint density at radius 1 is 1.22 bits per heavy atom. The molecule has 1 saturated heterocycles. The van der Waals surface area contributed by atoms with E-state index in [1.165, 1.54) is 13.2 Å². The minimum absolute atomic E-state index is 0.0471. The number of carboxylic acids is 1. The number of benzene rings is 1. The summed E-state index contributed by atoms with van der Waals surface area (Å²) < 4.78 is 24.9. The average molecular weight is 566 g/mol. The van der Waals surface area contributed by atoms with Crippen LogP contribution in [-0.2, 0) is 4.79 Å². The third kappa shape index (κ3) is 6.19. The summed E-state index contributed by atoms with van der Waals surface area (Å²) in [4.78, 5) is 37.4. The average Bonchev–Trinajstić information content (AvgIpc) is 3.79. The van der Waals surface area contributed by atoms with Crippen molar-refractivity contribution >= 4 is 28.5 Å². The van der Waals surface area contributed by atoms with E-state index in [2.05, 4.69) is 22.5 Å². The summed E-state index contributed by atoms with van der Waals surface area (Å²) in [6, 6.07) is 6.13. The monoisotopic (exact) mass is 565 g/mol. The van der Waals surface area contributed by atoms with Gasteiger partial charge in [0.1, 0.15) is 5.56 Å². The lowest BCUT2D eigenvalue weighted by Crippen LogP contribution is -2.34. The molecule has 3 heterocycles. The topological polar surface area (TPSA) is 126 Å². The van der Waals surface area contributed by atoms with Crippen molar-refractivity contribution in [2.24, 2.45) is 0 Å². The van der Waals surface area contributed by atoms with Gasteiger partial charge in [-0.3, -0.25) is 9.78 Å². The fourth-order valence-electron chi connectivity index (χ4n) is 5.32. The fraction of sp³-hybridized carbons (Fsp3) is 0.467. The van der Waals surface area contributed by atoms with Gasteiger partial charge >= 0.3 is 5.97 Å². The van der Waals surface area contributed by atoms with E-state index < -0.39 is 30.3 Å². The Hall–Kier alpha value is -3.99. The van der Waals surface area contributed by atoms with Crippen molar-refractivity contribution in [2.75, 3.05) is 38.3 Å². The second kappa shape index (κ2) is 11.9. The number of rotatable bonds is 9. The van der Waals surface area contributed by atoms with Crippen LogP contribution < -0.4 is 25.0 Å². The quantitative estimate of drug-likeness (QED) is 0.351. The first-order valence-electron chi connectivity index (χ1n) is 14.0. The van der Waals surface area contributed by atoms with Crippen LogP contribution in [0.1, 0.15) is 72.4 Å². The van der Waals surface area contributed by atoms with Gasteiger partial charge in [0.15, 0.2) is 18.2 Å². The minimum Gasteiger partial charge on any atom is -0.494 e. The molecule has 2 fully saturated rings. The fourth-order valence-corrected chi connectivity index (χ4v) is 5.32. The number of fused-ring (bicyclic) bond motifs is 1. The summed E-state index contributed by atoms with van der Waals surface area (Å²) in [5.41, 5.74) is 3.76. The zero-order chi connectivity index (χ0) is 29.3. The van der Waals surface area contributed by atoms with E-state index >= 15 is 0 Å². The molecular formula is C30H36FN5O5. The van der Waals surface area contributed by atoms with Gasteiger partial charge in [-0.05, 0) is 63.8 Å². The third-order valence-electron chi connectivity index (χ3n) is 7.64. The van der Waals surface area contributed by atoms with Crippen LogP contribution in [0.2, 0.25) is 0 Å². The number of hydrogen-bond acceptors (Lipinski definition) is 8. The molecule has 3 N–H and O–H groups in total. The zero-order valence-corrected chi connectivity index (χ0v) is 23.8. The van der Waals surface area contributed by atoms with Crippen LogP contribution in [0, 0.1) is 12.7 Å². The number of pyridine rings is 2. The van der Waals surface area contributed by atoms with Crippen LogP contribution in [-0.4, -0.2) is 66.3 Å². The molecule has 1 amide bonds. The number of halogens is 1. The van der Waals surface area contributed by atoms with Crippen LogP contribution in [0.15, 0.2) is 24.3 Å². The first kappa shape index (κ1) is 28.5. The molecule has 5 rings (SSSR count). The highest BCUT2D eigenvalue weighted by atomic mass is 19.1. The molecule has 11 heteroatoms. The van der Waals surface area contributed by atoms with Crippen molar-refractivity contribution < 1.29 is 28.6 Å². The summed E-state index contributed by atoms with van der Waals surface area (Å²) in [5, 5.41) is 16.7. The molecule has 1 aliphatic heterocycles. The summed E-state index contributed by atoms with van der Waals surface area (Å²) in [6.07, 6.45) is 2.85. The van der Waals surface area contributed by atoms with Gasteiger partial charge in [0.2, 0.25) is 5.88 Å². The van der Waals surface area contributed by atoms with Crippen LogP contribution >= 0.6 is 0 Å². The Labute approximate surface area is 238 Å². The minimum atomic E-state index is -1.18. The number of methoxy groups -OCH3 is 1. The van der Waals surface area contributed by atoms with E-state index in [0.717, 1.165) is 36.0 Å². The van der Waals surface area contributed by atoms with Crippen molar-refractivity contribution in [3.05, 3.63) is 52.6 Å². The van der Waals surface area contributed by atoms with E-state index in [1.54, 1.807) is 19.1 Å². The lowest BCUT2D eigenvalue weighted by atomic mass is 10.0. The number of aliphatic carboxylic acids is 1. The van der Waals surface area contributed by atoms with Crippen molar-refractivity contribution in [3.63, 3.8) is 0 Å². The molecule has 2 atom stereocenters. The highest BCUT2D eigenvalue weighted by Gasteiger charge is 2.33. The van der Waals surface area contributed by atoms with E-state index in [9.17, 15) is 19.1 Å². The molecular weight excluding hydrogens is 529 g/mol. The first-order chi connectivity index (χ1) is 19.7. The number of carboxylic acid groups (broad SMARTS) is 1. The number of carbonyl (C=O) groups is 2. The summed E-state index contributed by atoms with van der Waals surface area (Å²) in [7, 11) is 1.38. The molecule has 1 aliphatic carbocycles. The van der Waals surface area contributed by atoms with Crippen molar-refractivity contribution in [3.8, 4) is 11.6 Å². The Kier molecular flexibility index (Phi) is 8.25. The molecule has 1 unspecified atom stereocenters. The van der Waals surface area contributed by atoms with Crippen LogP contribution in [0.25, 0.3) is 10.9 Å². The maximum absolute atomic E-state index is 14.1. The summed E-state index contributed by atoms with van der Waals surface area (Å²) in [6.45, 7) is 7.21. The summed E-state index contributed by atoms with van der Waals surface area (Å²) in [5.74, 6) is -1.86. The molecule has 1 aromatic carbocycles. The molecule has 10 nitrogen and oxygen atoms in total. The molecule has 2 aliphatic rings. The van der Waals surface area contributed by atoms with Gasteiger partial charge in [0.05, 0.1) is 30.0 Å². The number of aryl methyl sites for hydroxylation is 1. The second-order valence-electron chi connectivity index (χ2n) is 10.9. The maximum Gasteiger partial charge on any atom is 0.341 e. The van der Waals surface area contributed by atoms with Gasteiger partial charge in [-0.1, -0.05) is 6.07 Å². The Balaban J connectivity index is 1.67. The SMILES string of the molecule is COc1cc(C(C)NC(=O)c2c(OCC(=O)O)nc3c(C4CC4)nc(C)cc3c2N2CCN[C@@H](C)CC2)ccc1F. The molecule has 1 saturated carbocycles. The predicted octanol–water partition coefficient (Wildman–Crippen LogP) is 4.11. The standard InChI is InChI=1S/C30H36FN5O5/c1-16-9-11-36(12-10-32-16)28-21-13-17(2)33-26(19-5-6-19)27(21)35-30(41-15-24(37)38)25(28)29(39)34-18(3)20-7-8-22(31)23(14-20)40-4/h7-8,13-14,16,18-19,32H,5-6,9-12,15H2,1-4H3,(H,34,39)(H,37,38)/t16-,18?/m0/s1. The van der Waals surface area contributed by atoms with Gasteiger partial charge in [-0.25, -0.2) is 14.2 Å². The molecule has 0 radical (unpaired) electrons. The molecule has 2 aromatic heterocycles. The van der Waals surface area contributed by atoms with E-state index in [1.807, 2.05) is 13.0 Å². The summed E-state index contributed by atoms with van der Waals surface area (Å²) >= 11 is 0. The molecule has 218 valence electrons. The highest BCUT2D eigenvalue weighted by molar-refractivity contribution is 6.10. The lowest BCUT2D eigenvalue weighted by molar-refractivity contribution is -0.139. The van der Waals surface area contributed by atoms with Crippen molar-refractivity contribution in [2.45, 2.75) is 58.0 Å². The van der Waals surface area contributed by atoms with Crippen LogP contribution in [0.5, 0.6) is 11.6 Å². The maximum atomic E-state index is 14.1. The largest absolute Gasteiger partial charge is 0.494 e. The predicted molar refractivity (Wildman–Crippen MR) is 153 cm³/mol. The van der Waals surface area contributed by atoms with Crippen molar-refractivity contribution in [1.82, 2.24) is 20.6 Å². The Morgan fingerprint density at radius 2 is 2.00 bits per heavy atom. The number of nitrogens with zero attached hydrogens (tertiary/aromatic N) is 3. The third-order valence-corrected chi connectivity index (χ3v) is 7.64. The van der Waals surface area contributed by atoms with Crippen LogP contribution in [0.4, 0.5) is 10.1 Å². The van der Waals surface area contributed by atoms with E-state index in [4.69, 9.17) is 19.4 Å². The number of nitrogens with one attached hydrogen (secondary N) is 2. The smallest absolute Gasteiger partial charge is 0.341 e. The van der Waals surface area contributed by atoms with Gasteiger partial charge in [0.25, 0.3) is 5.91 Å². The van der Waals surface area contributed by atoms with Gasteiger partial charge in [-0.2, -0.15) is 0 Å². The number of ether oxygens (including phenoxy) is 2. The van der Waals surface area contributed by atoms with E-state index in [0.29, 0.717) is 42.4 Å². The van der Waals surface area contributed by atoms with Crippen LogP contribution in [0.3, 0.4) is 0 Å². The molecule has 0 bridgehead atoms. The van der Waals surface area contributed by atoms with E-state index in [-0.39, 0.29) is 23.1 Å². The Morgan fingerprint density at radius 3 is 2.71 bits per heavy atom. The van der Waals surface area contributed by atoms with Crippen molar-refractivity contribution in [1.29, 1.82) is 0 Å². The number of anilines is 1. The van der Waals surface area contributed by atoms with Gasteiger partial charge in [-0.15, -0.1) is 0 Å². The van der Waals surface area contributed by atoms with Gasteiger partial charge in [0, 0.05) is 42.7 Å².